The van der Waals surface area contributed by atoms with E-state index in [1.807, 2.05) is 12.1 Å². The van der Waals surface area contributed by atoms with Gasteiger partial charge in [0.15, 0.2) is 0 Å². The first-order valence-electron chi connectivity index (χ1n) is 4.67. The molecule has 3 heteroatoms. The molecule has 0 saturated carbocycles. The molecule has 0 amide bonds. The minimum Gasteiger partial charge on any atom is -0.508 e. The Kier molecular flexibility index (Phi) is 6.34. The monoisotopic (exact) mass is 215 g/mol. The van der Waals surface area contributed by atoms with Gasteiger partial charge in [-0.15, -0.1) is 12.4 Å². The topological polar surface area (TPSA) is 32.3 Å². The molecule has 1 aromatic rings. The molecule has 0 bridgehead atoms. The highest BCUT2D eigenvalue weighted by Gasteiger charge is 1.94. The summed E-state index contributed by atoms with van der Waals surface area (Å²) in [4.78, 5) is 0. The first-order chi connectivity index (χ1) is 6.18. The van der Waals surface area contributed by atoms with E-state index in [0.29, 0.717) is 11.7 Å². The van der Waals surface area contributed by atoms with Crippen molar-refractivity contribution in [2.24, 2.45) is 5.92 Å². The van der Waals surface area contributed by atoms with Crippen molar-refractivity contribution in [3.63, 3.8) is 0 Å². The lowest BCUT2D eigenvalue weighted by Gasteiger charge is -2.07. The Morgan fingerprint density at radius 1 is 1.21 bits per heavy atom. The van der Waals surface area contributed by atoms with E-state index in [1.54, 1.807) is 12.1 Å². The molecule has 1 rings (SSSR count). The van der Waals surface area contributed by atoms with Gasteiger partial charge >= 0.3 is 0 Å². The molecule has 80 valence electrons. The maximum absolute atomic E-state index is 9.05. The highest BCUT2D eigenvalue weighted by molar-refractivity contribution is 5.85. The fourth-order valence-corrected chi connectivity index (χ4v) is 1.12. The van der Waals surface area contributed by atoms with Gasteiger partial charge < -0.3 is 10.4 Å². The summed E-state index contributed by atoms with van der Waals surface area (Å²) >= 11 is 0. The first kappa shape index (κ1) is 13.3. The molecular formula is C11H18ClNO. The lowest BCUT2D eigenvalue weighted by Crippen LogP contribution is -2.18. The number of halogens is 1. The molecule has 0 atom stereocenters. The first-order valence-corrected chi connectivity index (χ1v) is 4.67. The van der Waals surface area contributed by atoms with Crippen LogP contribution in [0.1, 0.15) is 19.4 Å². The number of benzene rings is 1. The highest BCUT2D eigenvalue weighted by Crippen LogP contribution is 2.09. The second-order valence-electron chi connectivity index (χ2n) is 3.69. The van der Waals surface area contributed by atoms with Gasteiger partial charge in [0.05, 0.1) is 0 Å². The Labute approximate surface area is 91.8 Å². The van der Waals surface area contributed by atoms with Crippen LogP contribution in [0.2, 0.25) is 0 Å². The largest absolute Gasteiger partial charge is 0.508 e. The number of aromatic hydroxyl groups is 1. The van der Waals surface area contributed by atoms with Gasteiger partial charge in [0, 0.05) is 6.54 Å². The molecule has 0 aliphatic carbocycles. The summed E-state index contributed by atoms with van der Waals surface area (Å²) in [5.74, 6) is 1.00. The summed E-state index contributed by atoms with van der Waals surface area (Å²) in [6.07, 6.45) is 0. The Morgan fingerprint density at radius 2 is 1.79 bits per heavy atom. The molecule has 2 nitrogen and oxygen atoms in total. The average Bonchev–Trinajstić information content (AvgIpc) is 2.08. The number of hydrogen-bond donors (Lipinski definition) is 2. The fourth-order valence-electron chi connectivity index (χ4n) is 1.12. The van der Waals surface area contributed by atoms with Gasteiger partial charge in [0.25, 0.3) is 0 Å². The Bertz CT molecular complexity index is 246. The maximum Gasteiger partial charge on any atom is 0.115 e. The minimum atomic E-state index is 0. The van der Waals surface area contributed by atoms with Crippen LogP contribution < -0.4 is 5.32 Å². The van der Waals surface area contributed by atoms with Gasteiger partial charge in [-0.2, -0.15) is 0 Å². The van der Waals surface area contributed by atoms with E-state index in [0.717, 1.165) is 13.1 Å². The van der Waals surface area contributed by atoms with Crippen LogP contribution in [0.3, 0.4) is 0 Å². The Morgan fingerprint density at radius 3 is 2.29 bits per heavy atom. The zero-order valence-electron chi connectivity index (χ0n) is 8.66. The van der Waals surface area contributed by atoms with Crippen LogP contribution >= 0.6 is 12.4 Å². The summed E-state index contributed by atoms with van der Waals surface area (Å²) < 4.78 is 0. The summed E-state index contributed by atoms with van der Waals surface area (Å²) in [6.45, 7) is 6.27. The van der Waals surface area contributed by atoms with Gasteiger partial charge in [-0.05, 0) is 30.2 Å². The van der Waals surface area contributed by atoms with Gasteiger partial charge in [-0.3, -0.25) is 0 Å². The summed E-state index contributed by atoms with van der Waals surface area (Å²) in [5, 5.41) is 12.4. The van der Waals surface area contributed by atoms with Gasteiger partial charge in [-0.25, -0.2) is 0 Å². The molecule has 0 heterocycles. The average molecular weight is 216 g/mol. The van der Waals surface area contributed by atoms with Gasteiger partial charge in [-0.1, -0.05) is 26.0 Å². The van der Waals surface area contributed by atoms with Gasteiger partial charge in [0.2, 0.25) is 0 Å². The second-order valence-corrected chi connectivity index (χ2v) is 3.69. The molecule has 0 aromatic heterocycles. The maximum atomic E-state index is 9.05. The van der Waals surface area contributed by atoms with E-state index in [-0.39, 0.29) is 12.4 Å². The van der Waals surface area contributed by atoms with Gasteiger partial charge in [0.1, 0.15) is 5.75 Å². The van der Waals surface area contributed by atoms with Crippen molar-refractivity contribution in [1.82, 2.24) is 5.32 Å². The van der Waals surface area contributed by atoms with Crippen LogP contribution in [0, 0.1) is 5.92 Å². The highest BCUT2D eigenvalue weighted by atomic mass is 35.5. The van der Waals surface area contributed by atoms with Crippen LogP contribution in [-0.2, 0) is 6.54 Å². The molecule has 0 aliphatic rings. The van der Waals surface area contributed by atoms with Crippen molar-refractivity contribution in [2.45, 2.75) is 20.4 Å². The predicted octanol–water partition coefficient (Wildman–Crippen LogP) is 2.56. The zero-order valence-corrected chi connectivity index (χ0v) is 9.47. The van der Waals surface area contributed by atoms with Crippen molar-refractivity contribution in [2.75, 3.05) is 6.54 Å². The predicted molar refractivity (Wildman–Crippen MR) is 61.9 cm³/mol. The van der Waals surface area contributed by atoms with Crippen LogP contribution in [0.5, 0.6) is 5.75 Å². The second kappa shape index (κ2) is 6.68. The molecule has 0 unspecified atom stereocenters. The molecule has 0 spiro atoms. The summed E-state index contributed by atoms with van der Waals surface area (Å²) in [6, 6.07) is 7.30. The van der Waals surface area contributed by atoms with E-state index in [9.17, 15) is 0 Å². The van der Waals surface area contributed by atoms with E-state index < -0.39 is 0 Å². The smallest absolute Gasteiger partial charge is 0.115 e. The summed E-state index contributed by atoms with van der Waals surface area (Å²) in [5.41, 5.74) is 1.21. The molecule has 0 radical (unpaired) electrons. The van der Waals surface area contributed by atoms with Crippen LogP contribution in [0.4, 0.5) is 0 Å². The third-order valence-corrected chi connectivity index (χ3v) is 1.82. The quantitative estimate of drug-likeness (QED) is 0.809. The zero-order chi connectivity index (χ0) is 9.68. The van der Waals surface area contributed by atoms with Crippen molar-refractivity contribution < 1.29 is 5.11 Å². The molecule has 0 aliphatic heterocycles. The van der Waals surface area contributed by atoms with Crippen molar-refractivity contribution in [1.29, 1.82) is 0 Å². The molecule has 1 aromatic carbocycles. The molecule has 2 N–H and O–H groups in total. The Hall–Kier alpha value is -0.730. The van der Waals surface area contributed by atoms with Crippen molar-refractivity contribution in [3.05, 3.63) is 29.8 Å². The standard InChI is InChI=1S/C11H17NO.ClH/c1-9(2)7-12-8-10-3-5-11(13)6-4-10;/h3-6,9,12-13H,7-8H2,1-2H3;1H. The van der Waals surface area contributed by atoms with Crippen LogP contribution in [0.15, 0.2) is 24.3 Å². The SMILES string of the molecule is CC(C)CNCc1ccc(O)cc1.Cl. The van der Waals surface area contributed by atoms with E-state index in [1.165, 1.54) is 5.56 Å². The number of rotatable bonds is 4. The fraction of sp³-hybridized carbons (Fsp3) is 0.455. The third-order valence-electron chi connectivity index (χ3n) is 1.82. The minimum absolute atomic E-state index is 0. The lowest BCUT2D eigenvalue weighted by molar-refractivity contribution is 0.474. The van der Waals surface area contributed by atoms with Crippen LogP contribution in [-0.4, -0.2) is 11.7 Å². The van der Waals surface area contributed by atoms with Crippen molar-refractivity contribution in [3.8, 4) is 5.75 Å². The van der Waals surface area contributed by atoms with E-state index in [2.05, 4.69) is 19.2 Å². The number of nitrogens with one attached hydrogen (secondary N) is 1. The number of phenolic OH excluding ortho intramolecular Hbond substituents is 1. The molecule has 0 fully saturated rings. The molecule has 0 saturated heterocycles. The van der Waals surface area contributed by atoms with E-state index >= 15 is 0 Å². The van der Waals surface area contributed by atoms with Crippen LogP contribution in [0.25, 0.3) is 0 Å². The van der Waals surface area contributed by atoms with E-state index in [4.69, 9.17) is 5.11 Å². The summed E-state index contributed by atoms with van der Waals surface area (Å²) in [7, 11) is 0. The lowest BCUT2D eigenvalue weighted by atomic mass is 10.2. The third kappa shape index (κ3) is 5.10. The normalized spacial score (nSPS) is 9.93. The Balaban J connectivity index is 0.00000169. The number of phenols is 1. The molecular weight excluding hydrogens is 198 g/mol. The number of hydrogen-bond acceptors (Lipinski definition) is 2. The van der Waals surface area contributed by atoms with Crippen molar-refractivity contribution >= 4 is 12.4 Å². The molecule has 14 heavy (non-hydrogen) atoms.